The van der Waals surface area contributed by atoms with Crippen molar-refractivity contribution in [1.82, 2.24) is 0 Å². The highest BCUT2D eigenvalue weighted by Gasteiger charge is 2.01. The van der Waals surface area contributed by atoms with Crippen LogP contribution in [0.1, 0.15) is 27.7 Å². The van der Waals surface area contributed by atoms with Gasteiger partial charge in [0.2, 0.25) is 0 Å². The number of rotatable bonds is 6. The number of thiol groups is 2. The van der Waals surface area contributed by atoms with Crippen LogP contribution in [-0.4, -0.2) is 68.3 Å². The zero-order chi connectivity index (χ0) is 17.6. The maximum absolute atomic E-state index is 9.62. The van der Waals surface area contributed by atoms with Crippen LogP contribution in [0.3, 0.4) is 0 Å². The monoisotopic (exact) mass is 346 g/mol. The van der Waals surface area contributed by atoms with Gasteiger partial charge in [-0.2, -0.15) is 25.3 Å². The molecule has 21 heavy (non-hydrogen) atoms. The molecule has 0 aromatic carbocycles. The predicted molar refractivity (Wildman–Crippen MR) is 86.3 cm³/mol. The molecule has 0 spiro atoms. The Morgan fingerprint density at radius 2 is 1.29 bits per heavy atom. The van der Waals surface area contributed by atoms with Crippen LogP contribution >= 0.6 is 25.3 Å². The number of carboxylic acid groups (broad SMARTS) is 2. The van der Waals surface area contributed by atoms with Gasteiger partial charge in [-0.3, -0.25) is 9.59 Å². The number of aliphatic carboxylic acids is 2. The molecule has 4 unspecified atom stereocenters. The first kappa shape index (κ1) is 25.5. The summed E-state index contributed by atoms with van der Waals surface area (Å²) in [4.78, 5) is 19.2. The average molecular weight is 346 g/mol. The fourth-order valence-corrected chi connectivity index (χ4v) is 0.356. The van der Waals surface area contributed by atoms with Crippen LogP contribution in [0.15, 0.2) is 0 Å². The van der Waals surface area contributed by atoms with E-state index in [4.69, 9.17) is 25.2 Å². The molecule has 0 bridgehead atoms. The number of carboxylic acids is 2. The van der Waals surface area contributed by atoms with Crippen LogP contribution in [0.2, 0.25) is 0 Å². The quantitative estimate of drug-likeness (QED) is 0.388. The highest BCUT2D eigenvalue weighted by molar-refractivity contribution is 7.81. The fraction of sp³-hybridized carbons (Fsp3) is 0.833. The van der Waals surface area contributed by atoms with Gasteiger partial charge in [0.1, 0.15) is 0 Å². The SMILES string of the molecule is CC(O)COC(C)CO.CC(S)C(=O)O.CC(S)C(=O)O. The van der Waals surface area contributed by atoms with E-state index >= 15 is 0 Å². The van der Waals surface area contributed by atoms with Crippen molar-refractivity contribution in [2.45, 2.75) is 50.4 Å². The Bertz CT molecular complexity index is 252. The largest absolute Gasteiger partial charge is 0.480 e. The van der Waals surface area contributed by atoms with Crippen molar-refractivity contribution >= 4 is 37.2 Å². The van der Waals surface area contributed by atoms with Crippen molar-refractivity contribution < 1.29 is 34.8 Å². The molecular formula is C12H26O7S2. The number of aliphatic hydroxyl groups is 2. The first-order valence-corrected chi connectivity index (χ1v) is 7.21. The van der Waals surface area contributed by atoms with Crippen LogP contribution in [0.5, 0.6) is 0 Å². The lowest BCUT2D eigenvalue weighted by Crippen LogP contribution is -2.19. The summed E-state index contributed by atoms with van der Waals surface area (Å²) in [5, 5.41) is 31.9. The summed E-state index contributed by atoms with van der Waals surface area (Å²) < 4.78 is 4.95. The minimum Gasteiger partial charge on any atom is -0.480 e. The standard InChI is InChI=1S/C6H14O3.2C3H6O2S/c1-5(8)4-9-6(2)3-7;2*1-2(6)3(4)5/h5-8H,3-4H2,1-2H3;2*2,6H,1H3,(H,4,5). The van der Waals surface area contributed by atoms with Gasteiger partial charge in [0.05, 0.1) is 35.9 Å². The Morgan fingerprint density at radius 3 is 1.43 bits per heavy atom. The van der Waals surface area contributed by atoms with Crippen molar-refractivity contribution in [2.24, 2.45) is 0 Å². The molecule has 0 saturated heterocycles. The second-order valence-corrected chi connectivity index (χ2v) is 5.75. The minimum absolute atomic E-state index is 0.00667. The second kappa shape index (κ2) is 15.9. The smallest absolute Gasteiger partial charge is 0.316 e. The first-order chi connectivity index (χ1) is 9.45. The maximum atomic E-state index is 9.62. The van der Waals surface area contributed by atoms with Crippen molar-refractivity contribution in [3.8, 4) is 0 Å². The lowest BCUT2D eigenvalue weighted by Gasteiger charge is -2.10. The zero-order valence-electron chi connectivity index (χ0n) is 12.6. The molecule has 0 aliphatic carbocycles. The fourth-order valence-electron chi connectivity index (χ4n) is 0.356. The number of ether oxygens (including phenoxy) is 1. The molecule has 0 saturated carbocycles. The van der Waals surface area contributed by atoms with Crippen LogP contribution < -0.4 is 0 Å². The molecule has 0 rings (SSSR count). The van der Waals surface area contributed by atoms with E-state index in [9.17, 15) is 9.59 Å². The van der Waals surface area contributed by atoms with Gasteiger partial charge < -0.3 is 25.2 Å². The van der Waals surface area contributed by atoms with Gasteiger partial charge in [-0.1, -0.05) is 0 Å². The third-order valence-corrected chi connectivity index (χ3v) is 2.04. The summed E-state index contributed by atoms with van der Waals surface area (Å²) in [6.45, 7) is 6.71. The van der Waals surface area contributed by atoms with Crippen molar-refractivity contribution in [3.05, 3.63) is 0 Å². The normalized spacial score (nSPS) is 15.2. The van der Waals surface area contributed by atoms with Gasteiger partial charge in [0.15, 0.2) is 0 Å². The van der Waals surface area contributed by atoms with Crippen molar-refractivity contribution in [1.29, 1.82) is 0 Å². The molecule has 0 aromatic heterocycles. The van der Waals surface area contributed by atoms with Crippen LogP contribution in [0.4, 0.5) is 0 Å². The molecule has 7 nitrogen and oxygen atoms in total. The number of hydrogen-bond acceptors (Lipinski definition) is 7. The van der Waals surface area contributed by atoms with Crippen LogP contribution in [0, 0.1) is 0 Å². The van der Waals surface area contributed by atoms with Crippen LogP contribution in [-0.2, 0) is 14.3 Å². The van der Waals surface area contributed by atoms with Crippen molar-refractivity contribution in [2.75, 3.05) is 13.2 Å². The molecule has 0 fully saturated rings. The van der Waals surface area contributed by atoms with E-state index in [1.165, 1.54) is 13.8 Å². The van der Waals surface area contributed by atoms with Gasteiger partial charge in [-0.25, -0.2) is 0 Å². The van der Waals surface area contributed by atoms with E-state index < -0.39 is 28.5 Å². The summed E-state index contributed by atoms with van der Waals surface area (Å²) in [6.07, 6.45) is -0.612. The molecule has 9 heteroatoms. The van der Waals surface area contributed by atoms with E-state index in [2.05, 4.69) is 25.3 Å². The van der Waals surface area contributed by atoms with Gasteiger partial charge in [0, 0.05) is 0 Å². The summed E-state index contributed by atoms with van der Waals surface area (Å²) in [5.74, 6) is -1.75. The molecule has 0 radical (unpaired) electrons. The lowest BCUT2D eigenvalue weighted by atomic mass is 10.4. The third kappa shape index (κ3) is 28.4. The second-order valence-electron chi connectivity index (χ2n) is 4.20. The first-order valence-electron chi connectivity index (χ1n) is 6.17. The van der Waals surface area contributed by atoms with Gasteiger partial charge in [0.25, 0.3) is 0 Å². The van der Waals surface area contributed by atoms with E-state index in [1.807, 2.05) is 0 Å². The topological polar surface area (TPSA) is 124 Å². The number of hydrogen-bond donors (Lipinski definition) is 6. The van der Waals surface area contributed by atoms with E-state index in [-0.39, 0.29) is 12.7 Å². The maximum Gasteiger partial charge on any atom is 0.316 e. The van der Waals surface area contributed by atoms with Crippen LogP contribution in [0.25, 0.3) is 0 Å². The Morgan fingerprint density at radius 1 is 1.00 bits per heavy atom. The molecule has 128 valence electrons. The summed E-state index contributed by atoms with van der Waals surface area (Å²) in [7, 11) is 0. The molecule has 0 aliphatic rings. The van der Waals surface area contributed by atoms with E-state index in [0.717, 1.165) is 0 Å². The molecule has 0 amide bonds. The highest BCUT2D eigenvalue weighted by Crippen LogP contribution is 1.90. The Labute approximate surface area is 136 Å². The predicted octanol–water partition coefficient (Wildman–Crippen LogP) is 0.543. The van der Waals surface area contributed by atoms with Crippen molar-refractivity contribution in [3.63, 3.8) is 0 Å². The van der Waals surface area contributed by atoms with Gasteiger partial charge in [-0.05, 0) is 27.7 Å². The minimum atomic E-state index is -0.877. The molecule has 0 heterocycles. The lowest BCUT2D eigenvalue weighted by molar-refractivity contribution is -0.137. The number of aliphatic hydroxyl groups excluding tert-OH is 2. The van der Waals surface area contributed by atoms with E-state index in [1.54, 1.807) is 13.8 Å². The number of carbonyl (C=O) groups is 2. The Kier molecular flexibility index (Phi) is 19.3. The summed E-state index contributed by atoms with van der Waals surface area (Å²) in [6, 6.07) is 0. The molecular weight excluding hydrogens is 320 g/mol. The molecule has 0 aliphatic heterocycles. The molecule has 0 aromatic rings. The third-order valence-electron chi connectivity index (χ3n) is 1.59. The Balaban J connectivity index is -0.000000240. The van der Waals surface area contributed by atoms with Gasteiger partial charge >= 0.3 is 11.9 Å². The summed E-state index contributed by atoms with van der Waals surface area (Å²) in [5.41, 5.74) is 0. The molecule has 4 N–H and O–H groups in total. The van der Waals surface area contributed by atoms with Gasteiger partial charge in [-0.15, -0.1) is 0 Å². The average Bonchev–Trinajstić information content (AvgIpc) is 2.36. The molecule has 4 atom stereocenters. The summed E-state index contributed by atoms with van der Waals surface area (Å²) >= 11 is 7.19. The van der Waals surface area contributed by atoms with E-state index in [0.29, 0.717) is 6.61 Å². The Hall–Kier alpha value is -0.480. The highest BCUT2D eigenvalue weighted by atomic mass is 32.1. The zero-order valence-corrected chi connectivity index (χ0v) is 14.4.